The van der Waals surface area contributed by atoms with Crippen molar-refractivity contribution in [3.8, 4) is 0 Å². The highest BCUT2D eigenvalue weighted by Gasteiger charge is 2.10. The minimum absolute atomic E-state index is 0.595. The number of hydrogen-bond acceptors (Lipinski definition) is 1. The summed E-state index contributed by atoms with van der Waals surface area (Å²) in [7, 11) is 0. The Labute approximate surface area is 91.6 Å². The molecule has 1 aliphatic rings. The molecule has 0 fully saturated rings. The van der Waals surface area contributed by atoms with Gasteiger partial charge < -0.3 is 0 Å². The SMILES string of the molecule is CC(Cc1ccncc1)C1=CC=CC[CH]1. The van der Waals surface area contributed by atoms with Gasteiger partial charge in [0.2, 0.25) is 0 Å². The van der Waals surface area contributed by atoms with Crippen LogP contribution in [0.15, 0.2) is 48.3 Å². The Bertz CT molecular complexity index is 362. The van der Waals surface area contributed by atoms with E-state index in [4.69, 9.17) is 0 Å². The van der Waals surface area contributed by atoms with Gasteiger partial charge in [0.15, 0.2) is 0 Å². The van der Waals surface area contributed by atoms with E-state index in [-0.39, 0.29) is 0 Å². The predicted octanol–water partition coefficient (Wildman–Crippen LogP) is 3.35. The van der Waals surface area contributed by atoms with Crippen molar-refractivity contribution >= 4 is 0 Å². The lowest BCUT2D eigenvalue weighted by Gasteiger charge is -2.16. The molecule has 0 N–H and O–H groups in total. The van der Waals surface area contributed by atoms with Crippen LogP contribution in [-0.4, -0.2) is 4.98 Å². The number of aromatic nitrogens is 1. The molecular formula is C14H16N. The van der Waals surface area contributed by atoms with Gasteiger partial charge in [-0.1, -0.05) is 30.7 Å². The van der Waals surface area contributed by atoms with Gasteiger partial charge >= 0.3 is 0 Å². The van der Waals surface area contributed by atoms with Crippen LogP contribution in [-0.2, 0) is 6.42 Å². The first-order valence-electron chi connectivity index (χ1n) is 5.45. The Morgan fingerprint density at radius 1 is 1.33 bits per heavy atom. The molecule has 0 aliphatic heterocycles. The van der Waals surface area contributed by atoms with E-state index >= 15 is 0 Å². The second-order valence-corrected chi connectivity index (χ2v) is 4.00. The molecule has 1 unspecified atom stereocenters. The van der Waals surface area contributed by atoms with Crippen molar-refractivity contribution in [1.82, 2.24) is 4.98 Å². The second kappa shape index (κ2) is 4.92. The fraction of sp³-hybridized carbons (Fsp3) is 0.286. The number of nitrogens with zero attached hydrogens (tertiary/aromatic N) is 1. The zero-order valence-corrected chi connectivity index (χ0v) is 9.06. The molecule has 0 saturated heterocycles. The van der Waals surface area contributed by atoms with Crippen LogP contribution in [0.3, 0.4) is 0 Å². The molecule has 77 valence electrons. The van der Waals surface area contributed by atoms with E-state index in [1.165, 1.54) is 11.1 Å². The summed E-state index contributed by atoms with van der Waals surface area (Å²) in [4.78, 5) is 4.03. The third kappa shape index (κ3) is 2.79. The highest BCUT2D eigenvalue weighted by atomic mass is 14.6. The molecule has 0 saturated carbocycles. The minimum Gasteiger partial charge on any atom is -0.265 e. The number of allylic oxidation sites excluding steroid dienone is 4. The summed E-state index contributed by atoms with van der Waals surface area (Å²) in [6.07, 6.45) is 14.8. The molecule has 0 aromatic carbocycles. The number of rotatable bonds is 3. The summed E-state index contributed by atoms with van der Waals surface area (Å²) in [6, 6.07) is 4.19. The summed E-state index contributed by atoms with van der Waals surface area (Å²) in [6.45, 7) is 2.28. The normalized spacial score (nSPS) is 17.3. The minimum atomic E-state index is 0.595. The van der Waals surface area contributed by atoms with Gasteiger partial charge in [-0.3, -0.25) is 4.98 Å². The third-order valence-electron chi connectivity index (χ3n) is 2.77. The van der Waals surface area contributed by atoms with Crippen molar-refractivity contribution in [2.45, 2.75) is 19.8 Å². The number of hydrogen-bond donors (Lipinski definition) is 0. The molecule has 1 nitrogen and oxygen atoms in total. The molecule has 1 aromatic rings. The lowest BCUT2D eigenvalue weighted by molar-refractivity contribution is 0.676. The third-order valence-corrected chi connectivity index (χ3v) is 2.77. The molecule has 1 atom stereocenters. The van der Waals surface area contributed by atoms with Gasteiger partial charge in [-0.15, -0.1) is 0 Å². The van der Waals surface area contributed by atoms with Crippen molar-refractivity contribution in [2.75, 3.05) is 0 Å². The van der Waals surface area contributed by atoms with Crippen LogP contribution in [0.1, 0.15) is 18.9 Å². The van der Waals surface area contributed by atoms with E-state index in [9.17, 15) is 0 Å². The topological polar surface area (TPSA) is 12.9 Å². The van der Waals surface area contributed by atoms with Gasteiger partial charge in [-0.2, -0.15) is 0 Å². The molecule has 1 radical (unpaired) electrons. The van der Waals surface area contributed by atoms with Gasteiger partial charge in [-0.05, 0) is 42.9 Å². The maximum atomic E-state index is 4.03. The molecule has 15 heavy (non-hydrogen) atoms. The quantitative estimate of drug-likeness (QED) is 0.725. The zero-order valence-electron chi connectivity index (χ0n) is 9.06. The summed E-state index contributed by atoms with van der Waals surface area (Å²) >= 11 is 0. The summed E-state index contributed by atoms with van der Waals surface area (Å²) in [5.41, 5.74) is 2.82. The molecule has 1 heterocycles. The van der Waals surface area contributed by atoms with Gasteiger partial charge in [0.25, 0.3) is 0 Å². The van der Waals surface area contributed by atoms with Crippen LogP contribution in [0.5, 0.6) is 0 Å². The average Bonchev–Trinajstić information content (AvgIpc) is 2.31. The van der Waals surface area contributed by atoms with Crippen molar-refractivity contribution in [3.63, 3.8) is 0 Å². The summed E-state index contributed by atoms with van der Waals surface area (Å²) in [5, 5.41) is 0. The molecule has 1 heteroatoms. The van der Waals surface area contributed by atoms with E-state index in [1.807, 2.05) is 12.4 Å². The lowest BCUT2D eigenvalue weighted by atomic mass is 9.89. The summed E-state index contributed by atoms with van der Waals surface area (Å²) < 4.78 is 0. The molecule has 2 rings (SSSR count). The summed E-state index contributed by atoms with van der Waals surface area (Å²) in [5.74, 6) is 0.595. The first kappa shape index (κ1) is 10.2. The predicted molar refractivity (Wildman–Crippen MR) is 63.2 cm³/mol. The maximum Gasteiger partial charge on any atom is 0.0270 e. The van der Waals surface area contributed by atoms with E-state index in [0.717, 1.165) is 12.8 Å². The fourth-order valence-electron chi connectivity index (χ4n) is 1.89. The standard InChI is InChI=1S/C14H16N/c1-12(14-5-3-2-4-6-14)11-13-7-9-15-10-8-13/h2-3,5-10,12H,4,11H2,1H3. The Hall–Kier alpha value is -1.37. The van der Waals surface area contributed by atoms with Crippen molar-refractivity contribution < 1.29 is 0 Å². The smallest absolute Gasteiger partial charge is 0.0270 e. The first-order valence-corrected chi connectivity index (χ1v) is 5.45. The van der Waals surface area contributed by atoms with Crippen molar-refractivity contribution in [1.29, 1.82) is 0 Å². The Balaban J connectivity index is 2.00. The van der Waals surface area contributed by atoms with Gasteiger partial charge in [0.05, 0.1) is 0 Å². The van der Waals surface area contributed by atoms with Gasteiger partial charge in [0.1, 0.15) is 0 Å². The van der Waals surface area contributed by atoms with E-state index < -0.39 is 0 Å². The zero-order chi connectivity index (χ0) is 10.5. The van der Waals surface area contributed by atoms with Crippen LogP contribution in [0, 0.1) is 12.3 Å². The van der Waals surface area contributed by atoms with Crippen LogP contribution in [0.25, 0.3) is 0 Å². The van der Waals surface area contributed by atoms with Crippen LogP contribution in [0.4, 0.5) is 0 Å². The van der Waals surface area contributed by atoms with E-state index in [2.05, 4.69) is 48.7 Å². The van der Waals surface area contributed by atoms with Crippen molar-refractivity contribution in [2.24, 2.45) is 5.92 Å². The molecule has 0 spiro atoms. The Kier molecular flexibility index (Phi) is 3.33. The van der Waals surface area contributed by atoms with E-state index in [1.54, 1.807) is 0 Å². The largest absolute Gasteiger partial charge is 0.265 e. The van der Waals surface area contributed by atoms with Crippen LogP contribution >= 0.6 is 0 Å². The molecule has 0 amide bonds. The molecule has 0 bridgehead atoms. The molecular weight excluding hydrogens is 182 g/mol. The van der Waals surface area contributed by atoms with Crippen molar-refractivity contribution in [3.05, 3.63) is 60.3 Å². The monoisotopic (exact) mass is 198 g/mol. The lowest BCUT2D eigenvalue weighted by Crippen LogP contribution is -2.05. The van der Waals surface area contributed by atoms with Gasteiger partial charge in [0, 0.05) is 12.4 Å². The van der Waals surface area contributed by atoms with Crippen LogP contribution in [0.2, 0.25) is 0 Å². The van der Waals surface area contributed by atoms with E-state index in [0.29, 0.717) is 5.92 Å². The first-order chi connectivity index (χ1) is 7.36. The molecule has 1 aromatic heterocycles. The highest BCUT2D eigenvalue weighted by Crippen LogP contribution is 2.22. The Morgan fingerprint density at radius 2 is 2.13 bits per heavy atom. The fourth-order valence-corrected chi connectivity index (χ4v) is 1.89. The average molecular weight is 198 g/mol. The molecule has 1 aliphatic carbocycles. The highest BCUT2D eigenvalue weighted by molar-refractivity contribution is 5.29. The second-order valence-electron chi connectivity index (χ2n) is 4.00. The Morgan fingerprint density at radius 3 is 2.80 bits per heavy atom. The van der Waals surface area contributed by atoms with Crippen LogP contribution < -0.4 is 0 Å². The number of pyridine rings is 1. The van der Waals surface area contributed by atoms with Gasteiger partial charge in [-0.25, -0.2) is 0 Å². The maximum absolute atomic E-state index is 4.03.